The van der Waals surface area contributed by atoms with Crippen LogP contribution < -0.4 is 10.6 Å². The van der Waals surface area contributed by atoms with Gasteiger partial charge in [0, 0.05) is 26.4 Å². The number of rotatable bonds is 12. The summed E-state index contributed by atoms with van der Waals surface area (Å²) in [5.74, 6) is 0. The van der Waals surface area contributed by atoms with Crippen molar-refractivity contribution < 1.29 is 18.1 Å². The third kappa shape index (κ3) is 7.15. The Morgan fingerprint density at radius 3 is 2.04 bits per heavy atom. The first-order valence-corrected chi connectivity index (χ1v) is 10.9. The second kappa shape index (κ2) is 12.0. The van der Waals surface area contributed by atoms with E-state index in [9.17, 15) is 4.79 Å². The number of amides is 2. The van der Waals surface area contributed by atoms with Gasteiger partial charge in [-0.1, -0.05) is 37.3 Å². The van der Waals surface area contributed by atoms with Gasteiger partial charge in [-0.2, -0.15) is 0 Å². The molecule has 1 atom stereocenters. The Labute approximate surface area is 152 Å². The highest BCUT2D eigenvalue weighted by Crippen LogP contribution is 2.18. The van der Waals surface area contributed by atoms with Crippen LogP contribution in [0.1, 0.15) is 39.7 Å². The van der Waals surface area contributed by atoms with Crippen LogP contribution >= 0.6 is 0 Å². The van der Waals surface area contributed by atoms with Crippen molar-refractivity contribution in [2.24, 2.45) is 0 Å². The molecule has 1 aromatic carbocycles. The van der Waals surface area contributed by atoms with Gasteiger partial charge in [-0.25, -0.2) is 4.79 Å². The SMILES string of the molecule is CCO[Si](OCC)(OCC)[C@H](CC)NC(=O)NCCc1ccccc1. The number of urea groups is 1. The van der Waals surface area contributed by atoms with E-state index >= 15 is 0 Å². The summed E-state index contributed by atoms with van der Waals surface area (Å²) in [5.41, 5.74) is 0.917. The Bertz CT molecular complexity index is 470. The molecule has 0 heterocycles. The van der Waals surface area contributed by atoms with Gasteiger partial charge in [-0.15, -0.1) is 0 Å². The first-order valence-electron chi connectivity index (χ1n) is 9.11. The molecule has 0 spiro atoms. The molecule has 0 aliphatic heterocycles. The average molecular weight is 369 g/mol. The topological polar surface area (TPSA) is 68.8 Å². The van der Waals surface area contributed by atoms with Gasteiger partial charge in [0.15, 0.2) is 0 Å². The molecular weight excluding hydrogens is 336 g/mol. The van der Waals surface area contributed by atoms with E-state index in [0.717, 1.165) is 6.42 Å². The molecule has 0 aliphatic rings. The summed E-state index contributed by atoms with van der Waals surface area (Å²) in [6.07, 6.45) is 1.47. The molecule has 7 heteroatoms. The molecule has 0 bridgehead atoms. The summed E-state index contributed by atoms with van der Waals surface area (Å²) in [4.78, 5) is 12.3. The van der Waals surface area contributed by atoms with Crippen molar-refractivity contribution in [2.45, 2.75) is 46.2 Å². The van der Waals surface area contributed by atoms with Gasteiger partial charge >= 0.3 is 14.8 Å². The molecule has 1 aromatic rings. The summed E-state index contributed by atoms with van der Waals surface area (Å²) in [6, 6.07) is 9.84. The molecular formula is C18H32N2O4Si. The molecule has 0 saturated carbocycles. The molecule has 2 N–H and O–H groups in total. The Kier molecular flexibility index (Phi) is 10.4. The van der Waals surface area contributed by atoms with E-state index in [1.165, 1.54) is 5.56 Å². The first-order chi connectivity index (χ1) is 12.1. The van der Waals surface area contributed by atoms with Crippen molar-refractivity contribution in [3.63, 3.8) is 0 Å². The van der Waals surface area contributed by atoms with Gasteiger partial charge in [0.1, 0.15) is 5.67 Å². The summed E-state index contributed by atoms with van der Waals surface area (Å²) in [7, 11) is -2.96. The van der Waals surface area contributed by atoms with Gasteiger partial charge in [0.05, 0.1) is 0 Å². The number of carbonyl (C=O) groups is 1. The van der Waals surface area contributed by atoms with Crippen molar-refractivity contribution in [3.05, 3.63) is 35.9 Å². The van der Waals surface area contributed by atoms with E-state index in [1.54, 1.807) is 0 Å². The predicted octanol–water partition coefficient (Wildman–Crippen LogP) is 2.89. The maximum atomic E-state index is 12.3. The fraction of sp³-hybridized carbons (Fsp3) is 0.611. The summed E-state index contributed by atoms with van der Waals surface area (Å²) >= 11 is 0. The lowest BCUT2D eigenvalue weighted by Crippen LogP contribution is -2.64. The molecule has 0 fully saturated rings. The monoisotopic (exact) mass is 368 g/mol. The molecule has 0 aromatic heterocycles. The number of nitrogens with one attached hydrogen (secondary N) is 2. The largest absolute Gasteiger partial charge is 0.524 e. The Morgan fingerprint density at radius 1 is 1.00 bits per heavy atom. The van der Waals surface area contributed by atoms with Crippen LogP contribution in [0.3, 0.4) is 0 Å². The maximum Gasteiger partial charge on any atom is 0.524 e. The van der Waals surface area contributed by atoms with E-state index in [4.69, 9.17) is 13.3 Å². The fourth-order valence-electron chi connectivity index (χ4n) is 2.65. The zero-order chi connectivity index (χ0) is 18.5. The summed E-state index contributed by atoms with van der Waals surface area (Å²) in [5, 5.41) is 5.88. The highest BCUT2D eigenvalue weighted by Gasteiger charge is 2.49. The van der Waals surface area contributed by atoms with Crippen molar-refractivity contribution >= 4 is 14.8 Å². The average Bonchev–Trinajstić information content (AvgIpc) is 2.61. The molecule has 0 unspecified atom stereocenters. The van der Waals surface area contributed by atoms with Gasteiger partial charge < -0.3 is 23.9 Å². The fourth-order valence-corrected chi connectivity index (χ4v) is 5.51. The minimum absolute atomic E-state index is 0.223. The number of hydrogen-bond acceptors (Lipinski definition) is 4. The van der Waals surface area contributed by atoms with E-state index in [2.05, 4.69) is 10.6 Å². The number of carbonyl (C=O) groups excluding carboxylic acids is 1. The molecule has 0 radical (unpaired) electrons. The second-order valence-corrected chi connectivity index (χ2v) is 8.27. The van der Waals surface area contributed by atoms with Gasteiger partial charge in [0.25, 0.3) is 0 Å². The Balaban J connectivity index is 2.62. The molecule has 6 nitrogen and oxygen atoms in total. The Hall–Kier alpha value is -1.41. The maximum absolute atomic E-state index is 12.3. The van der Waals surface area contributed by atoms with E-state index in [1.807, 2.05) is 58.0 Å². The van der Waals surface area contributed by atoms with Gasteiger partial charge in [-0.3, -0.25) is 0 Å². The van der Waals surface area contributed by atoms with Crippen LogP contribution in [0.2, 0.25) is 0 Å². The van der Waals surface area contributed by atoms with Gasteiger partial charge in [0.2, 0.25) is 0 Å². The predicted molar refractivity (Wildman–Crippen MR) is 101 cm³/mol. The normalized spacial score (nSPS) is 12.6. The van der Waals surface area contributed by atoms with Crippen LogP contribution in [-0.4, -0.2) is 46.9 Å². The highest BCUT2D eigenvalue weighted by atomic mass is 28.4. The van der Waals surface area contributed by atoms with E-state index < -0.39 is 8.80 Å². The molecule has 1 rings (SSSR count). The zero-order valence-electron chi connectivity index (χ0n) is 15.8. The minimum atomic E-state index is -2.96. The Morgan fingerprint density at radius 2 is 1.56 bits per heavy atom. The minimum Gasteiger partial charge on any atom is -0.373 e. The molecule has 0 saturated heterocycles. The third-order valence-corrected chi connectivity index (χ3v) is 7.20. The molecule has 2 amide bonds. The highest BCUT2D eigenvalue weighted by molar-refractivity contribution is 6.62. The summed E-state index contributed by atoms with van der Waals surface area (Å²) < 4.78 is 17.7. The van der Waals surface area contributed by atoms with Crippen LogP contribution in [-0.2, 0) is 19.7 Å². The third-order valence-electron chi connectivity index (χ3n) is 3.72. The van der Waals surface area contributed by atoms with Crippen LogP contribution in [0.15, 0.2) is 30.3 Å². The standard InChI is InChI=1S/C18H32N2O4Si/c1-5-17(25(22-6-2,23-7-3)24-8-4)20-18(21)19-15-14-16-12-10-9-11-13-16/h9-13,17H,5-8,14-15H2,1-4H3,(H2,19,20,21)/t17-/m1/s1. The van der Waals surface area contributed by atoms with E-state index in [-0.39, 0.29) is 11.7 Å². The van der Waals surface area contributed by atoms with Crippen LogP contribution in [0.4, 0.5) is 4.79 Å². The van der Waals surface area contributed by atoms with Crippen molar-refractivity contribution in [3.8, 4) is 0 Å². The second-order valence-electron chi connectivity index (χ2n) is 5.50. The van der Waals surface area contributed by atoms with Crippen LogP contribution in [0.5, 0.6) is 0 Å². The van der Waals surface area contributed by atoms with Gasteiger partial charge in [-0.05, 0) is 39.2 Å². The molecule has 0 aliphatic carbocycles. The quantitative estimate of drug-likeness (QED) is 0.557. The van der Waals surface area contributed by atoms with E-state index in [0.29, 0.717) is 32.8 Å². The smallest absolute Gasteiger partial charge is 0.373 e. The number of hydrogen-bond donors (Lipinski definition) is 2. The van der Waals surface area contributed by atoms with Crippen LogP contribution in [0, 0.1) is 0 Å². The first kappa shape index (κ1) is 21.6. The van der Waals surface area contributed by atoms with Crippen molar-refractivity contribution in [1.82, 2.24) is 10.6 Å². The van der Waals surface area contributed by atoms with Crippen molar-refractivity contribution in [1.29, 1.82) is 0 Å². The van der Waals surface area contributed by atoms with Crippen LogP contribution in [0.25, 0.3) is 0 Å². The van der Waals surface area contributed by atoms with Crippen molar-refractivity contribution in [2.75, 3.05) is 26.4 Å². The zero-order valence-corrected chi connectivity index (χ0v) is 16.8. The number of benzene rings is 1. The summed E-state index contributed by atoms with van der Waals surface area (Å²) in [6.45, 7) is 9.75. The lowest BCUT2D eigenvalue weighted by Gasteiger charge is -2.35. The molecule has 25 heavy (non-hydrogen) atoms. The lowest BCUT2D eigenvalue weighted by molar-refractivity contribution is 0.0583. The molecule has 142 valence electrons. The lowest BCUT2D eigenvalue weighted by atomic mass is 10.1.